The van der Waals surface area contributed by atoms with Crippen molar-refractivity contribution in [2.24, 2.45) is 0 Å². The molecule has 1 aromatic heterocycles. The van der Waals surface area contributed by atoms with Gasteiger partial charge < -0.3 is 19.8 Å². The molecule has 0 aliphatic heterocycles. The van der Waals surface area contributed by atoms with Crippen LogP contribution in [0.15, 0.2) is 53.1 Å². The molecule has 0 saturated heterocycles. The summed E-state index contributed by atoms with van der Waals surface area (Å²) in [5, 5.41) is 3.70. The zero-order chi connectivity index (χ0) is 18.5. The molecular formula is C16H15F3N2O4. The van der Waals surface area contributed by atoms with Crippen molar-refractivity contribution in [3.8, 4) is 0 Å². The van der Waals surface area contributed by atoms with Crippen molar-refractivity contribution in [3.63, 3.8) is 0 Å². The highest BCUT2D eigenvalue weighted by Crippen LogP contribution is 2.33. The quantitative estimate of drug-likeness (QED) is 0.614. The lowest BCUT2D eigenvalue weighted by atomic mass is 10.1. The van der Waals surface area contributed by atoms with Crippen molar-refractivity contribution < 1.29 is 31.9 Å². The van der Waals surface area contributed by atoms with E-state index in [9.17, 15) is 22.8 Å². The highest BCUT2D eigenvalue weighted by molar-refractivity contribution is 5.97. The van der Waals surface area contributed by atoms with Gasteiger partial charge in [-0.3, -0.25) is 4.79 Å². The molecule has 0 aliphatic carbocycles. The fourth-order valence-electron chi connectivity index (χ4n) is 2.01. The van der Waals surface area contributed by atoms with Crippen LogP contribution in [-0.4, -0.2) is 30.3 Å². The second-order valence-corrected chi connectivity index (χ2v) is 4.89. The van der Waals surface area contributed by atoms with E-state index in [0.717, 1.165) is 6.26 Å². The molecule has 1 heterocycles. The molecule has 2 aromatic rings. The third-order valence-electron chi connectivity index (χ3n) is 3.16. The van der Waals surface area contributed by atoms with Crippen LogP contribution in [0.25, 0.3) is 0 Å². The largest absolute Gasteiger partial charge is 0.463 e. The number of furan rings is 1. The summed E-state index contributed by atoms with van der Waals surface area (Å²) in [7, 11) is 0. The van der Waals surface area contributed by atoms with Gasteiger partial charge >= 0.3 is 17.8 Å². The molecule has 25 heavy (non-hydrogen) atoms. The maximum Gasteiger partial charge on any atom is 0.441 e. The Balaban J connectivity index is 2.46. The van der Waals surface area contributed by atoms with E-state index in [1.807, 2.05) is 5.32 Å². The van der Waals surface area contributed by atoms with Crippen LogP contribution in [0.4, 0.5) is 18.9 Å². The monoisotopic (exact) mass is 356 g/mol. The second kappa shape index (κ2) is 7.29. The summed E-state index contributed by atoms with van der Waals surface area (Å²) in [4.78, 5) is 24.3. The Bertz CT molecular complexity index is 717. The number of amides is 1. The number of hydrogen-bond acceptors (Lipinski definition) is 5. The molecule has 0 radical (unpaired) electrons. The number of nitrogens with one attached hydrogen (secondary N) is 2. The molecule has 1 aromatic carbocycles. The van der Waals surface area contributed by atoms with Gasteiger partial charge in [-0.05, 0) is 31.2 Å². The van der Waals surface area contributed by atoms with Crippen LogP contribution in [0.5, 0.6) is 0 Å². The van der Waals surface area contributed by atoms with Crippen molar-refractivity contribution >= 4 is 17.6 Å². The number of ether oxygens (including phenoxy) is 1. The lowest BCUT2D eigenvalue weighted by Gasteiger charge is -2.35. The predicted octanol–water partition coefficient (Wildman–Crippen LogP) is 2.94. The predicted molar refractivity (Wildman–Crippen MR) is 81.7 cm³/mol. The number of alkyl halides is 3. The first kappa shape index (κ1) is 18.4. The van der Waals surface area contributed by atoms with Gasteiger partial charge in [-0.1, -0.05) is 18.2 Å². The SMILES string of the molecule is CCOC(=O)C(NC(=O)c1ccco1)(Nc1ccccc1)C(F)(F)F. The first-order valence-electron chi connectivity index (χ1n) is 7.23. The molecule has 6 nitrogen and oxygen atoms in total. The summed E-state index contributed by atoms with van der Waals surface area (Å²) < 4.78 is 50.8. The Morgan fingerprint density at radius 1 is 1.12 bits per heavy atom. The lowest BCUT2D eigenvalue weighted by Crippen LogP contribution is -2.69. The van der Waals surface area contributed by atoms with E-state index in [4.69, 9.17) is 4.42 Å². The van der Waals surface area contributed by atoms with Crippen molar-refractivity contribution in [2.45, 2.75) is 18.8 Å². The highest BCUT2D eigenvalue weighted by atomic mass is 19.4. The van der Waals surface area contributed by atoms with Crippen molar-refractivity contribution in [1.29, 1.82) is 0 Å². The first-order chi connectivity index (χ1) is 11.8. The maximum absolute atomic E-state index is 13.8. The zero-order valence-corrected chi connectivity index (χ0v) is 13.1. The van der Waals surface area contributed by atoms with Gasteiger partial charge in [0.15, 0.2) is 5.76 Å². The Labute approximate surface area is 141 Å². The number of rotatable bonds is 6. The van der Waals surface area contributed by atoms with Crippen molar-refractivity contribution in [2.75, 3.05) is 11.9 Å². The minimum absolute atomic E-state index is 0.0346. The number of hydrogen-bond donors (Lipinski definition) is 2. The van der Waals surface area contributed by atoms with E-state index >= 15 is 0 Å². The topological polar surface area (TPSA) is 80.6 Å². The van der Waals surface area contributed by atoms with E-state index < -0.39 is 23.7 Å². The third kappa shape index (κ3) is 3.93. The van der Waals surface area contributed by atoms with E-state index in [-0.39, 0.29) is 18.1 Å². The summed E-state index contributed by atoms with van der Waals surface area (Å²) in [5.41, 5.74) is -3.51. The zero-order valence-electron chi connectivity index (χ0n) is 13.1. The fraction of sp³-hybridized carbons (Fsp3) is 0.250. The number of para-hydroxylation sites is 1. The van der Waals surface area contributed by atoms with E-state index in [0.29, 0.717) is 0 Å². The van der Waals surface area contributed by atoms with Gasteiger partial charge in [0, 0.05) is 5.69 Å². The van der Waals surface area contributed by atoms with Crippen LogP contribution < -0.4 is 10.6 Å². The summed E-state index contributed by atoms with van der Waals surface area (Å²) in [6.45, 7) is 1.06. The van der Waals surface area contributed by atoms with Gasteiger partial charge in [0.2, 0.25) is 0 Å². The average Bonchev–Trinajstić information content (AvgIpc) is 3.09. The summed E-state index contributed by atoms with van der Waals surface area (Å²) >= 11 is 0. The van der Waals surface area contributed by atoms with Crippen molar-refractivity contribution in [3.05, 3.63) is 54.5 Å². The minimum Gasteiger partial charge on any atom is -0.463 e. The molecule has 0 fully saturated rings. The Morgan fingerprint density at radius 3 is 2.32 bits per heavy atom. The number of benzene rings is 1. The summed E-state index contributed by atoms with van der Waals surface area (Å²) in [6.07, 6.45) is -4.07. The summed E-state index contributed by atoms with van der Waals surface area (Å²) in [5.74, 6) is -3.29. The van der Waals surface area contributed by atoms with Gasteiger partial charge in [0.1, 0.15) is 0 Å². The maximum atomic E-state index is 13.8. The molecule has 0 spiro atoms. The molecule has 1 atom stereocenters. The number of halogens is 3. The van der Waals surface area contributed by atoms with Gasteiger partial charge in [-0.15, -0.1) is 0 Å². The van der Waals surface area contributed by atoms with Crippen LogP contribution in [0.2, 0.25) is 0 Å². The lowest BCUT2D eigenvalue weighted by molar-refractivity contribution is -0.204. The Hall–Kier alpha value is -2.97. The second-order valence-electron chi connectivity index (χ2n) is 4.89. The molecule has 134 valence electrons. The van der Waals surface area contributed by atoms with Crippen LogP contribution in [-0.2, 0) is 9.53 Å². The molecule has 0 aliphatic rings. The average molecular weight is 356 g/mol. The third-order valence-corrected chi connectivity index (χ3v) is 3.16. The standard InChI is InChI=1S/C16H15F3N2O4/c1-2-24-14(23)15(16(17,18)19,20-11-7-4-3-5-8-11)21-13(22)12-9-6-10-25-12/h3-10,20H,2H2,1H3,(H,21,22). The fourth-order valence-corrected chi connectivity index (χ4v) is 2.01. The normalized spacial score (nSPS) is 13.6. The minimum atomic E-state index is -5.20. The van der Waals surface area contributed by atoms with Gasteiger partial charge in [0.05, 0.1) is 12.9 Å². The number of carbonyl (C=O) groups excluding carboxylic acids is 2. The van der Waals surface area contributed by atoms with E-state index in [2.05, 4.69) is 4.74 Å². The van der Waals surface area contributed by atoms with Crippen LogP contribution in [0, 0.1) is 0 Å². The number of anilines is 1. The van der Waals surface area contributed by atoms with Crippen LogP contribution in [0.1, 0.15) is 17.5 Å². The Morgan fingerprint density at radius 2 is 1.80 bits per heavy atom. The van der Waals surface area contributed by atoms with E-state index in [1.165, 1.54) is 43.3 Å². The van der Waals surface area contributed by atoms with E-state index in [1.54, 1.807) is 11.4 Å². The molecule has 1 amide bonds. The molecule has 9 heteroatoms. The molecule has 2 N–H and O–H groups in total. The highest BCUT2D eigenvalue weighted by Gasteiger charge is 2.63. The number of carbonyl (C=O) groups is 2. The summed E-state index contributed by atoms with van der Waals surface area (Å²) in [6, 6.07) is 9.68. The van der Waals surface area contributed by atoms with Gasteiger partial charge in [0.25, 0.3) is 5.91 Å². The van der Waals surface area contributed by atoms with Crippen LogP contribution in [0.3, 0.4) is 0 Å². The van der Waals surface area contributed by atoms with Crippen LogP contribution >= 0.6 is 0 Å². The number of esters is 1. The molecule has 1 unspecified atom stereocenters. The molecule has 0 bridgehead atoms. The molecule has 0 saturated carbocycles. The Kier molecular flexibility index (Phi) is 5.35. The smallest absolute Gasteiger partial charge is 0.441 e. The molecule has 2 rings (SSSR count). The van der Waals surface area contributed by atoms with Gasteiger partial charge in [-0.25, -0.2) is 4.79 Å². The van der Waals surface area contributed by atoms with Gasteiger partial charge in [-0.2, -0.15) is 13.2 Å². The first-order valence-corrected chi connectivity index (χ1v) is 7.23. The molecular weight excluding hydrogens is 341 g/mol. The van der Waals surface area contributed by atoms with Crippen molar-refractivity contribution in [1.82, 2.24) is 5.32 Å².